The van der Waals surface area contributed by atoms with Crippen LogP contribution in [0.3, 0.4) is 0 Å². The minimum Gasteiger partial charge on any atom is -0.468 e. The Balaban J connectivity index is 4.16. The van der Waals surface area contributed by atoms with Gasteiger partial charge < -0.3 is 9.47 Å². The average Bonchev–Trinajstić information content (AvgIpc) is 2.21. The molecule has 5 nitrogen and oxygen atoms in total. The van der Waals surface area contributed by atoms with Crippen molar-refractivity contribution in [3.8, 4) is 0 Å². The number of esters is 1. The van der Waals surface area contributed by atoms with Crippen LogP contribution in [0.2, 0.25) is 0 Å². The van der Waals surface area contributed by atoms with E-state index in [-0.39, 0.29) is 6.54 Å². The van der Waals surface area contributed by atoms with Crippen molar-refractivity contribution in [2.75, 3.05) is 26.8 Å². The molecule has 0 aliphatic rings. The van der Waals surface area contributed by atoms with E-state index in [1.54, 1.807) is 0 Å². The number of alkyl halides is 3. The van der Waals surface area contributed by atoms with Crippen molar-refractivity contribution in [3.05, 3.63) is 0 Å². The Morgan fingerprint density at radius 3 is 2.25 bits per heavy atom. The molecule has 0 atom stereocenters. The molecule has 16 heavy (non-hydrogen) atoms. The van der Waals surface area contributed by atoms with Gasteiger partial charge in [0.05, 0.1) is 7.11 Å². The van der Waals surface area contributed by atoms with Crippen LogP contribution in [0.5, 0.6) is 0 Å². The number of amides is 1. The monoisotopic (exact) mass is 243 g/mol. The van der Waals surface area contributed by atoms with E-state index in [1.807, 2.05) is 0 Å². The van der Waals surface area contributed by atoms with E-state index >= 15 is 0 Å². The van der Waals surface area contributed by atoms with Crippen molar-refractivity contribution in [1.29, 1.82) is 0 Å². The van der Waals surface area contributed by atoms with Crippen molar-refractivity contribution in [2.45, 2.75) is 13.1 Å². The van der Waals surface area contributed by atoms with Gasteiger partial charge >= 0.3 is 18.2 Å². The second-order valence-corrected chi connectivity index (χ2v) is 2.76. The predicted octanol–water partition coefficient (Wildman–Crippen LogP) is 1.18. The lowest BCUT2D eigenvalue weighted by Crippen LogP contribution is -2.38. The van der Waals surface area contributed by atoms with Crippen molar-refractivity contribution >= 4 is 12.1 Å². The largest absolute Gasteiger partial charge is 0.468 e. The first-order valence-corrected chi connectivity index (χ1v) is 4.35. The van der Waals surface area contributed by atoms with Crippen LogP contribution in [0.15, 0.2) is 0 Å². The molecular formula is C8H12F3NO4. The van der Waals surface area contributed by atoms with Gasteiger partial charge in [-0.1, -0.05) is 0 Å². The highest BCUT2D eigenvalue weighted by atomic mass is 19.4. The Labute approximate surface area is 90.1 Å². The van der Waals surface area contributed by atoms with Gasteiger partial charge in [-0.2, -0.15) is 13.2 Å². The summed E-state index contributed by atoms with van der Waals surface area (Å²) in [6.07, 6.45) is -5.79. The summed E-state index contributed by atoms with van der Waals surface area (Å²) in [4.78, 5) is 22.7. The topological polar surface area (TPSA) is 55.8 Å². The molecule has 0 aromatic heterocycles. The van der Waals surface area contributed by atoms with Gasteiger partial charge in [0.2, 0.25) is 0 Å². The van der Waals surface area contributed by atoms with Gasteiger partial charge in [0.1, 0.15) is 6.54 Å². The number of halogens is 3. The molecule has 1 amide bonds. The zero-order valence-corrected chi connectivity index (χ0v) is 8.84. The second-order valence-electron chi connectivity index (χ2n) is 2.76. The first-order valence-electron chi connectivity index (χ1n) is 4.35. The lowest BCUT2D eigenvalue weighted by molar-refractivity contribution is -0.162. The number of carbonyl (C=O) groups excluding carboxylic acids is 2. The number of hydrogen-bond donors (Lipinski definition) is 0. The van der Waals surface area contributed by atoms with Crippen molar-refractivity contribution in [2.24, 2.45) is 0 Å². The minimum absolute atomic E-state index is 0.0474. The Morgan fingerprint density at radius 2 is 1.88 bits per heavy atom. The zero-order valence-electron chi connectivity index (χ0n) is 8.84. The highest BCUT2D eigenvalue weighted by molar-refractivity contribution is 5.77. The third kappa shape index (κ3) is 6.10. The standard InChI is InChI=1S/C8H12F3NO4/c1-3-12(4-6(13)15-2)7(14)16-5-8(9,10)11/h3-5H2,1-2H3. The fourth-order valence-corrected chi connectivity index (χ4v) is 0.761. The molecule has 0 saturated heterocycles. The average molecular weight is 243 g/mol. The van der Waals surface area contributed by atoms with Gasteiger partial charge in [-0.15, -0.1) is 0 Å². The maximum absolute atomic E-state index is 11.7. The lowest BCUT2D eigenvalue weighted by Gasteiger charge is -2.19. The lowest BCUT2D eigenvalue weighted by atomic mass is 10.5. The van der Waals surface area contributed by atoms with Crippen molar-refractivity contribution in [3.63, 3.8) is 0 Å². The Hall–Kier alpha value is -1.47. The summed E-state index contributed by atoms with van der Waals surface area (Å²) < 4.78 is 43.4. The molecule has 0 radical (unpaired) electrons. The van der Waals surface area contributed by atoms with Crippen LogP contribution in [0.1, 0.15) is 6.92 Å². The number of likely N-dealkylation sites (N-methyl/N-ethyl adjacent to an activating group) is 1. The number of methoxy groups -OCH3 is 1. The van der Waals surface area contributed by atoms with E-state index in [2.05, 4.69) is 9.47 Å². The summed E-state index contributed by atoms with van der Waals surface area (Å²) in [6.45, 7) is -0.573. The fourth-order valence-electron chi connectivity index (χ4n) is 0.761. The number of ether oxygens (including phenoxy) is 2. The number of carbonyl (C=O) groups is 2. The molecule has 0 bridgehead atoms. The van der Waals surface area contributed by atoms with E-state index in [9.17, 15) is 22.8 Å². The van der Waals surface area contributed by atoms with Crippen LogP contribution in [0.4, 0.5) is 18.0 Å². The SMILES string of the molecule is CCN(CC(=O)OC)C(=O)OCC(F)(F)F. The molecule has 0 aromatic carbocycles. The van der Waals surface area contributed by atoms with Crippen LogP contribution >= 0.6 is 0 Å². The third-order valence-corrected chi connectivity index (χ3v) is 1.55. The summed E-state index contributed by atoms with van der Waals surface area (Å²) in [6, 6.07) is 0. The highest BCUT2D eigenvalue weighted by Crippen LogP contribution is 2.15. The number of nitrogens with zero attached hydrogens (tertiary/aromatic N) is 1. The van der Waals surface area contributed by atoms with E-state index in [0.29, 0.717) is 0 Å². The molecule has 0 aromatic rings. The summed E-state index contributed by atoms with van der Waals surface area (Å²) >= 11 is 0. The molecule has 0 unspecified atom stereocenters. The molecule has 0 aliphatic heterocycles. The first-order chi connectivity index (χ1) is 7.30. The maximum Gasteiger partial charge on any atom is 0.422 e. The van der Waals surface area contributed by atoms with E-state index in [1.165, 1.54) is 6.92 Å². The second kappa shape index (κ2) is 6.19. The van der Waals surface area contributed by atoms with Gasteiger partial charge in [-0.3, -0.25) is 9.69 Å². The number of rotatable bonds is 4. The summed E-state index contributed by atoms with van der Waals surface area (Å²) in [5.74, 6) is -0.731. The Morgan fingerprint density at radius 1 is 1.31 bits per heavy atom. The molecule has 94 valence electrons. The zero-order chi connectivity index (χ0) is 12.8. The van der Waals surface area contributed by atoms with Crippen LogP contribution < -0.4 is 0 Å². The van der Waals surface area contributed by atoms with Gasteiger partial charge in [0.15, 0.2) is 6.61 Å². The predicted molar refractivity (Wildman–Crippen MR) is 46.7 cm³/mol. The Bertz CT molecular complexity index is 254. The molecule has 0 N–H and O–H groups in total. The normalized spacial score (nSPS) is 10.8. The van der Waals surface area contributed by atoms with Crippen LogP contribution in [0.25, 0.3) is 0 Å². The van der Waals surface area contributed by atoms with E-state index < -0.39 is 31.4 Å². The molecule has 0 rings (SSSR count). The summed E-state index contributed by atoms with van der Waals surface area (Å²) in [7, 11) is 1.11. The quantitative estimate of drug-likeness (QED) is 0.696. The van der Waals surface area contributed by atoms with Gasteiger partial charge in [0.25, 0.3) is 0 Å². The Kier molecular flexibility index (Phi) is 5.62. The van der Waals surface area contributed by atoms with E-state index in [0.717, 1.165) is 12.0 Å². The molecule has 0 saturated carbocycles. The van der Waals surface area contributed by atoms with Crippen LogP contribution in [-0.2, 0) is 14.3 Å². The summed E-state index contributed by atoms with van der Waals surface area (Å²) in [5.41, 5.74) is 0. The molecule has 0 fully saturated rings. The van der Waals surface area contributed by atoms with Gasteiger partial charge in [0, 0.05) is 6.54 Å². The first kappa shape index (κ1) is 14.5. The van der Waals surface area contributed by atoms with Gasteiger partial charge in [-0.05, 0) is 6.92 Å². The molecule has 0 heterocycles. The summed E-state index contributed by atoms with van der Waals surface area (Å²) in [5, 5.41) is 0. The van der Waals surface area contributed by atoms with Gasteiger partial charge in [-0.25, -0.2) is 4.79 Å². The smallest absolute Gasteiger partial charge is 0.422 e. The number of hydrogen-bond acceptors (Lipinski definition) is 4. The van der Waals surface area contributed by atoms with Crippen LogP contribution in [-0.4, -0.2) is 49.9 Å². The highest BCUT2D eigenvalue weighted by Gasteiger charge is 2.30. The third-order valence-electron chi connectivity index (χ3n) is 1.55. The maximum atomic E-state index is 11.7. The van der Waals surface area contributed by atoms with Crippen LogP contribution in [0, 0.1) is 0 Å². The molecule has 0 spiro atoms. The molecular weight excluding hydrogens is 231 g/mol. The minimum atomic E-state index is -4.58. The van der Waals surface area contributed by atoms with Crippen molar-refractivity contribution < 1.29 is 32.2 Å². The van der Waals surface area contributed by atoms with E-state index in [4.69, 9.17) is 0 Å². The molecule has 0 aliphatic carbocycles. The fraction of sp³-hybridized carbons (Fsp3) is 0.750. The van der Waals surface area contributed by atoms with Crippen molar-refractivity contribution in [1.82, 2.24) is 4.90 Å². The molecule has 8 heteroatoms.